The molecule has 0 atom stereocenters. The van der Waals surface area contributed by atoms with Crippen molar-refractivity contribution >= 4 is 11.3 Å². The lowest BCUT2D eigenvalue weighted by Gasteiger charge is -2.05. The lowest BCUT2D eigenvalue weighted by Crippen LogP contribution is -1.95. The molecule has 0 aliphatic rings. The number of nitro groups is 1. The zero-order valence-electron chi connectivity index (χ0n) is 9.80. The highest BCUT2D eigenvalue weighted by Gasteiger charge is 2.13. The number of benzene rings is 1. The summed E-state index contributed by atoms with van der Waals surface area (Å²) in [6.07, 6.45) is 2.87. The second kappa shape index (κ2) is 4.53. The smallest absolute Gasteiger partial charge is 0.272 e. The van der Waals surface area contributed by atoms with Crippen molar-refractivity contribution in [2.75, 3.05) is 0 Å². The minimum absolute atomic E-state index is 0.109. The van der Waals surface area contributed by atoms with Crippen LogP contribution in [0.2, 0.25) is 0 Å². The Hall–Kier alpha value is -3.10. The Morgan fingerprint density at radius 3 is 2.90 bits per heavy atom. The standard InChI is InChI=1S/C11H6FN5O3/c12-8-3-7(17(18)19)1-2-9(8)20-11-4-10-15-14-6-16(10)5-13-11/h1-6H. The minimum atomic E-state index is -0.845. The van der Waals surface area contributed by atoms with Gasteiger partial charge in [0.15, 0.2) is 17.2 Å². The fourth-order valence-electron chi connectivity index (χ4n) is 1.57. The molecule has 0 fully saturated rings. The van der Waals surface area contributed by atoms with Crippen LogP contribution in [0.25, 0.3) is 5.65 Å². The van der Waals surface area contributed by atoms with Crippen LogP contribution in [0.1, 0.15) is 0 Å². The molecular weight excluding hydrogens is 269 g/mol. The molecule has 100 valence electrons. The van der Waals surface area contributed by atoms with Crippen LogP contribution in [0.3, 0.4) is 0 Å². The van der Waals surface area contributed by atoms with Crippen molar-refractivity contribution in [1.82, 2.24) is 19.6 Å². The van der Waals surface area contributed by atoms with E-state index in [9.17, 15) is 14.5 Å². The number of nitrogens with zero attached hydrogens (tertiary/aromatic N) is 5. The SMILES string of the molecule is O=[N+]([O-])c1ccc(Oc2cc3nncn3cn2)c(F)c1. The molecule has 9 heteroatoms. The lowest BCUT2D eigenvalue weighted by atomic mass is 10.3. The van der Waals surface area contributed by atoms with Gasteiger partial charge in [0.2, 0.25) is 5.88 Å². The monoisotopic (exact) mass is 275 g/mol. The molecule has 2 heterocycles. The van der Waals surface area contributed by atoms with Crippen molar-refractivity contribution in [3.05, 3.63) is 52.9 Å². The van der Waals surface area contributed by atoms with Crippen LogP contribution in [0.15, 0.2) is 36.9 Å². The summed E-state index contributed by atoms with van der Waals surface area (Å²) in [5.41, 5.74) is 0.132. The molecule has 3 rings (SSSR count). The Morgan fingerprint density at radius 1 is 1.30 bits per heavy atom. The van der Waals surface area contributed by atoms with Crippen LogP contribution in [0.4, 0.5) is 10.1 Å². The molecule has 0 saturated heterocycles. The molecule has 3 aromatic rings. The van der Waals surface area contributed by atoms with E-state index in [0.29, 0.717) is 5.65 Å². The predicted molar refractivity (Wildman–Crippen MR) is 63.9 cm³/mol. The van der Waals surface area contributed by atoms with Crippen LogP contribution in [-0.4, -0.2) is 24.5 Å². The number of fused-ring (bicyclic) bond motifs is 1. The summed E-state index contributed by atoms with van der Waals surface area (Å²) in [6, 6.07) is 4.57. The third-order valence-corrected chi connectivity index (χ3v) is 2.50. The summed E-state index contributed by atoms with van der Waals surface area (Å²) >= 11 is 0. The van der Waals surface area contributed by atoms with E-state index in [1.807, 2.05) is 0 Å². The summed E-state index contributed by atoms with van der Waals surface area (Å²) in [5.74, 6) is -0.896. The molecule has 0 spiro atoms. The van der Waals surface area contributed by atoms with Crippen molar-refractivity contribution in [3.8, 4) is 11.6 Å². The number of aromatic nitrogens is 4. The first-order valence-electron chi connectivity index (χ1n) is 5.40. The highest BCUT2D eigenvalue weighted by molar-refractivity contribution is 5.42. The average molecular weight is 275 g/mol. The topological polar surface area (TPSA) is 95.5 Å². The molecule has 8 nitrogen and oxygen atoms in total. The molecule has 0 aliphatic heterocycles. The summed E-state index contributed by atoms with van der Waals surface area (Å²) in [5, 5.41) is 18.0. The predicted octanol–water partition coefficient (Wildman–Crippen LogP) is 1.96. The van der Waals surface area contributed by atoms with Gasteiger partial charge in [-0.15, -0.1) is 10.2 Å². The highest BCUT2D eigenvalue weighted by atomic mass is 19.1. The quantitative estimate of drug-likeness (QED) is 0.535. The van der Waals surface area contributed by atoms with Crippen LogP contribution >= 0.6 is 0 Å². The lowest BCUT2D eigenvalue weighted by molar-refractivity contribution is -0.385. The Bertz CT molecular complexity index is 804. The summed E-state index contributed by atoms with van der Waals surface area (Å²) in [6.45, 7) is 0. The third kappa shape index (κ3) is 2.11. The number of ether oxygens (including phenoxy) is 1. The van der Waals surface area contributed by atoms with Crippen molar-refractivity contribution in [1.29, 1.82) is 0 Å². The zero-order valence-corrected chi connectivity index (χ0v) is 9.80. The second-order valence-corrected chi connectivity index (χ2v) is 3.80. The largest absolute Gasteiger partial charge is 0.436 e. The van der Waals surface area contributed by atoms with Gasteiger partial charge in [-0.05, 0) is 6.07 Å². The van der Waals surface area contributed by atoms with E-state index < -0.39 is 10.7 Å². The Kier molecular flexibility index (Phi) is 2.71. The van der Waals surface area contributed by atoms with Crippen molar-refractivity contribution < 1.29 is 14.1 Å². The van der Waals surface area contributed by atoms with Crippen LogP contribution in [-0.2, 0) is 0 Å². The van der Waals surface area contributed by atoms with Crippen molar-refractivity contribution in [3.63, 3.8) is 0 Å². The number of non-ortho nitro benzene ring substituents is 1. The molecule has 0 saturated carbocycles. The second-order valence-electron chi connectivity index (χ2n) is 3.80. The first-order valence-corrected chi connectivity index (χ1v) is 5.40. The van der Waals surface area contributed by atoms with E-state index in [2.05, 4.69) is 15.2 Å². The van der Waals surface area contributed by atoms with E-state index in [1.54, 1.807) is 4.40 Å². The highest BCUT2D eigenvalue weighted by Crippen LogP contribution is 2.26. The third-order valence-electron chi connectivity index (χ3n) is 2.50. The van der Waals surface area contributed by atoms with Crippen molar-refractivity contribution in [2.45, 2.75) is 0 Å². The van der Waals surface area contributed by atoms with Gasteiger partial charge >= 0.3 is 0 Å². The molecule has 0 N–H and O–H groups in total. The number of rotatable bonds is 3. The van der Waals surface area contributed by atoms with Gasteiger partial charge in [0, 0.05) is 12.1 Å². The van der Waals surface area contributed by atoms with E-state index in [4.69, 9.17) is 4.74 Å². The molecule has 0 bridgehead atoms. The fourth-order valence-corrected chi connectivity index (χ4v) is 1.57. The summed E-state index contributed by atoms with van der Waals surface area (Å²) < 4.78 is 20.4. The minimum Gasteiger partial charge on any atom is -0.436 e. The van der Waals surface area contributed by atoms with Gasteiger partial charge in [-0.3, -0.25) is 14.5 Å². The molecule has 0 aliphatic carbocycles. The fraction of sp³-hybridized carbons (Fsp3) is 0. The van der Waals surface area contributed by atoms with Gasteiger partial charge < -0.3 is 4.74 Å². The average Bonchev–Trinajstić information content (AvgIpc) is 2.88. The van der Waals surface area contributed by atoms with Crippen LogP contribution in [0, 0.1) is 15.9 Å². The molecule has 2 aromatic heterocycles. The van der Waals surface area contributed by atoms with Crippen molar-refractivity contribution in [2.24, 2.45) is 0 Å². The number of hydrogen-bond donors (Lipinski definition) is 0. The molecule has 0 amide bonds. The normalized spacial score (nSPS) is 10.7. The van der Waals surface area contributed by atoms with E-state index >= 15 is 0 Å². The first kappa shape index (κ1) is 12.0. The summed E-state index contributed by atoms with van der Waals surface area (Å²) in [7, 11) is 0. The molecule has 20 heavy (non-hydrogen) atoms. The maximum atomic E-state index is 13.7. The summed E-state index contributed by atoms with van der Waals surface area (Å²) in [4.78, 5) is 13.8. The Balaban J connectivity index is 1.92. The molecule has 1 aromatic carbocycles. The van der Waals surface area contributed by atoms with Gasteiger partial charge in [0.05, 0.1) is 11.0 Å². The number of hydrogen-bond acceptors (Lipinski definition) is 6. The van der Waals surface area contributed by atoms with E-state index in [1.165, 1.54) is 24.8 Å². The van der Waals surface area contributed by atoms with E-state index in [0.717, 1.165) is 12.1 Å². The van der Waals surface area contributed by atoms with Gasteiger partial charge in [0.1, 0.15) is 12.7 Å². The maximum Gasteiger partial charge on any atom is 0.272 e. The molecule has 0 unspecified atom stereocenters. The van der Waals surface area contributed by atoms with Gasteiger partial charge in [-0.2, -0.15) is 0 Å². The van der Waals surface area contributed by atoms with Crippen LogP contribution < -0.4 is 4.74 Å². The Labute approximate surface area is 110 Å². The first-order chi connectivity index (χ1) is 9.63. The van der Waals surface area contributed by atoms with E-state index in [-0.39, 0.29) is 17.3 Å². The van der Waals surface area contributed by atoms with Crippen LogP contribution in [0.5, 0.6) is 11.6 Å². The van der Waals surface area contributed by atoms with Gasteiger partial charge in [-0.25, -0.2) is 9.37 Å². The molecule has 0 radical (unpaired) electrons. The van der Waals surface area contributed by atoms with Gasteiger partial charge in [0.25, 0.3) is 5.69 Å². The maximum absolute atomic E-state index is 13.7. The van der Waals surface area contributed by atoms with Gasteiger partial charge in [-0.1, -0.05) is 0 Å². The molecular formula is C11H6FN5O3. The number of halogens is 1. The number of nitro benzene ring substituents is 1. The Morgan fingerprint density at radius 2 is 2.15 bits per heavy atom. The zero-order chi connectivity index (χ0) is 14.1.